The van der Waals surface area contributed by atoms with E-state index in [4.69, 9.17) is 0 Å². The maximum atomic E-state index is 11.9. The van der Waals surface area contributed by atoms with E-state index in [0.717, 1.165) is 45.3 Å². The molecule has 1 N–H and O–H groups in total. The van der Waals surface area contributed by atoms with Gasteiger partial charge in [-0.1, -0.05) is 0 Å². The van der Waals surface area contributed by atoms with Crippen molar-refractivity contribution in [3.05, 3.63) is 0 Å². The first-order chi connectivity index (χ1) is 9.08. The molecule has 0 aromatic heterocycles. The third-order valence-corrected chi connectivity index (χ3v) is 3.91. The Hall–Kier alpha value is -1.10. The Balaban J connectivity index is 1.81. The molecule has 5 nitrogen and oxygen atoms in total. The number of hydrogen-bond acceptors (Lipinski definition) is 3. The third-order valence-electron chi connectivity index (χ3n) is 3.91. The minimum atomic E-state index is 0.110. The van der Waals surface area contributed by atoms with E-state index in [0.29, 0.717) is 6.42 Å². The number of hydrogen-bond donors (Lipinski definition) is 1. The second-order valence-electron chi connectivity index (χ2n) is 5.87. The first kappa shape index (κ1) is 14.3. The van der Waals surface area contributed by atoms with Gasteiger partial charge in [0, 0.05) is 38.0 Å². The molecule has 0 unspecified atom stereocenters. The summed E-state index contributed by atoms with van der Waals surface area (Å²) in [5, 5.41) is 7.02. The number of amides is 2. The van der Waals surface area contributed by atoms with Gasteiger partial charge in [-0.3, -0.25) is 14.6 Å². The maximum Gasteiger partial charge on any atom is 0.236 e. The Morgan fingerprint density at radius 3 is 2.47 bits per heavy atom. The highest BCUT2D eigenvalue weighted by Crippen LogP contribution is 2.22. The Bertz CT molecular complexity index is 336. The summed E-state index contributed by atoms with van der Waals surface area (Å²) in [4.78, 5) is 23.8. The van der Waals surface area contributed by atoms with Crippen molar-refractivity contribution in [1.82, 2.24) is 15.3 Å². The van der Waals surface area contributed by atoms with E-state index in [-0.39, 0.29) is 23.8 Å². The molecule has 2 aliphatic rings. The summed E-state index contributed by atoms with van der Waals surface area (Å²) in [7, 11) is 0. The number of nitrogens with zero attached hydrogens (tertiary/aromatic N) is 2. The molecule has 0 aromatic rings. The summed E-state index contributed by atoms with van der Waals surface area (Å²) in [6, 6.07) is 0.203. The van der Waals surface area contributed by atoms with Gasteiger partial charge in [0.25, 0.3) is 0 Å². The lowest BCUT2D eigenvalue weighted by atomic mass is 9.96. The average Bonchev–Trinajstić information content (AvgIpc) is 2.39. The number of carbonyl (C=O) groups excluding carboxylic acids is 2. The minimum absolute atomic E-state index is 0.110. The number of carbonyl (C=O) groups is 2. The fourth-order valence-electron chi connectivity index (χ4n) is 2.86. The second-order valence-corrected chi connectivity index (χ2v) is 5.87. The predicted molar refractivity (Wildman–Crippen MR) is 73.1 cm³/mol. The second kappa shape index (κ2) is 6.37. The van der Waals surface area contributed by atoms with Gasteiger partial charge in [-0.15, -0.1) is 0 Å². The van der Waals surface area contributed by atoms with Crippen LogP contribution in [-0.2, 0) is 9.59 Å². The summed E-state index contributed by atoms with van der Waals surface area (Å²) < 4.78 is 0. The molecule has 2 fully saturated rings. The van der Waals surface area contributed by atoms with E-state index in [2.05, 4.69) is 10.3 Å². The Morgan fingerprint density at radius 1 is 1.21 bits per heavy atom. The molecule has 2 amide bonds. The zero-order chi connectivity index (χ0) is 13.8. The van der Waals surface area contributed by atoms with Crippen LogP contribution in [0.25, 0.3) is 0 Å². The van der Waals surface area contributed by atoms with Gasteiger partial charge < -0.3 is 5.32 Å². The highest BCUT2D eigenvalue weighted by atomic mass is 16.2. The van der Waals surface area contributed by atoms with E-state index in [1.54, 1.807) is 0 Å². The quantitative estimate of drug-likeness (QED) is 0.834. The standard InChI is InChI=1S/C14H25N3O2/c1-11(2)15-14(19)12-6-9-16(10-7-12)17-8-4-3-5-13(17)18/h11-12H,3-10H2,1-2H3,(H,15,19). The molecule has 0 atom stereocenters. The molecule has 2 heterocycles. The van der Waals surface area contributed by atoms with Gasteiger partial charge >= 0.3 is 0 Å². The molecular formula is C14H25N3O2. The van der Waals surface area contributed by atoms with Crippen molar-refractivity contribution in [3.8, 4) is 0 Å². The molecule has 5 heteroatoms. The largest absolute Gasteiger partial charge is 0.354 e. The third kappa shape index (κ3) is 3.69. The van der Waals surface area contributed by atoms with Crippen LogP contribution in [0.2, 0.25) is 0 Å². The van der Waals surface area contributed by atoms with Gasteiger partial charge in [0.2, 0.25) is 11.8 Å². The van der Waals surface area contributed by atoms with E-state index in [1.165, 1.54) is 0 Å². The van der Waals surface area contributed by atoms with Crippen molar-refractivity contribution in [1.29, 1.82) is 0 Å². The molecule has 0 aliphatic carbocycles. The van der Waals surface area contributed by atoms with E-state index < -0.39 is 0 Å². The maximum absolute atomic E-state index is 11.9. The number of piperidine rings is 2. The molecule has 2 saturated heterocycles. The van der Waals surface area contributed by atoms with Crippen LogP contribution >= 0.6 is 0 Å². The first-order valence-corrected chi connectivity index (χ1v) is 7.43. The topological polar surface area (TPSA) is 52.7 Å². The van der Waals surface area contributed by atoms with Crippen LogP contribution in [-0.4, -0.2) is 47.5 Å². The Kier molecular flexibility index (Phi) is 4.80. The lowest BCUT2D eigenvalue weighted by Crippen LogP contribution is -2.53. The van der Waals surface area contributed by atoms with Gasteiger partial charge in [-0.25, -0.2) is 5.01 Å². The highest BCUT2D eigenvalue weighted by molar-refractivity contribution is 5.79. The van der Waals surface area contributed by atoms with Crippen LogP contribution in [0.15, 0.2) is 0 Å². The highest BCUT2D eigenvalue weighted by Gasteiger charge is 2.30. The summed E-state index contributed by atoms with van der Waals surface area (Å²) in [5.41, 5.74) is 0. The zero-order valence-electron chi connectivity index (χ0n) is 12.0. The molecule has 0 radical (unpaired) electrons. The number of hydrazine groups is 1. The van der Waals surface area contributed by atoms with Crippen molar-refractivity contribution in [2.45, 2.75) is 52.0 Å². The van der Waals surface area contributed by atoms with Crippen molar-refractivity contribution >= 4 is 11.8 Å². The van der Waals surface area contributed by atoms with Crippen LogP contribution < -0.4 is 5.32 Å². The fraction of sp³-hybridized carbons (Fsp3) is 0.857. The predicted octanol–water partition coefficient (Wildman–Crippen LogP) is 1.15. The molecule has 0 aromatic carbocycles. The Morgan fingerprint density at radius 2 is 1.89 bits per heavy atom. The molecule has 0 bridgehead atoms. The SMILES string of the molecule is CC(C)NC(=O)C1CCN(N2CCCCC2=O)CC1. The molecule has 0 saturated carbocycles. The van der Waals surface area contributed by atoms with Crippen molar-refractivity contribution in [3.63, 3.8) is 0 Å². The molecular weight excluding hydrogens is 242 g/mol. The average molecular weight is 267 g/mol. The van der Waals surface area contributed by atoms with E-state index >= 15 is 0 Å². The summed E-state index contributed by atoms with van der Waals surface area (Å²) >= 11 is 0. The molecule has 2 aliphatic heterocycles. The van der Waals surface area contributed by atoms with Crippen LogP contribution in [0.1, 0.15) is 46.0 Å². The van der Waals surface area contributed by atoms with Crippen LogP contribution in [0.4, 0.5) is 0 Å². The zero-order valence-corrected chi connectivity index (χ0v) is 12.0. The first-order valence-electron chi connectivity index (χ1n) is 7.43. The fourth-order valence-corrected chi connectivity index (χ4v) is 2.86. The Labute approximate surface area is 115 Å². The van der Waals surface area contributed by atoms with Gasteiger partial charge in [0.05, 0.1) is 0 Å². The lowest BCUT2D eigenvalue weighted by Gasteiger charge is -2.41. The van der Waals surface area contributed by atoms with Gasteiger partial charge in [-0.2, -0.15) is 0 Å². The number of nitrogens with one attached hydrogen (secondary N) is 1. The molecule has 2 rings (SSSR count). The van der Waals surface area contributed by atoms with Gasteiger partial charge in [0.15, 0.2) is 0 Å². The molecule has 19 heavy (non-hydrogen) atoms. The van der Waals surface area contributed by atoms with E-state index in [1.807, 2.05) is 18.9 Å². The van der Waals surface area contributed by atoms with Gasteiger partial charge in [-0.05, 0) is 39.5 Å². The monoisotopic (exact) mass is 267 g/mol. The molecule has 0 spiro atoms. The number of rotatable bonds is 3. The van der Waals surface area contributed by atoms with Crippen molar-refractivity contribution in [2.24, 2.45) is 5.92 Å². The van der Waals surface area contributed by atoms with Crippen molar-refractivity contribution in [2.75, 3.05) is 19.6 Å². The lowest BCUT2D eigenvalue weighted by molar-refractivity contribution is -0.156. The molecule has 108 valence electrons. The van der Waals surface area contributed by atoms with Crippen LogP contribution in [0, 0.1) is 5.92 Å². The van der Waals surface area contributed by atoms with Gasteiger partial charge in [0.1, 0.15) is 0 Å². The van der Waals surface area contributed by atoms with Crippen LogP contribution in [0.3, 0.4) is 0 Å². The van der Waals surface area contributed by atoms with E-state index in [9.17, 15) is 9.59 Å². The normalized spacial score (nSPS) is 22.9. The van der Waals surface area contributed by atoms with Crippen molar-refractivity contribution < 1.29 is 9.59 Å². The minimum Gasteiger partial charge on any atom is -0.354 e. The summed E-state index contributed by atoms with van der Waals surface area (Å²) in [6.07, 6.45) is 4.49. The summed E-state index contributed by atoms with van der Waals surface area (Å²) in [6.45, 7) is 6.46. The smallest absolute Gasteiger partial charge is 0.236 e. The summed E-state index contributed by atoms with van der Waals surface area (Å²) in [5.74, 6) is 0.523. The van der Waals surface area contributed by atoms with Crippen LogP contribution in [0.5, 0.6) is 0 Å².